The lowest BCUT2D eigenvalue weighted by Gasteiger charge is -2.11. The number of amides is 1. The van der Waals surface area contributed by atoms with Crippen molar-refractivity contribution in [2.24, 2.45) is 5.73 Å². The molecule has 7 nitrogen and oxygen atoms in total. The van der Waals surface area contributed by atoms with Crippen LogP contribution in [0, 0.1) is 16.7 Å². The number of nitriles is 1. The molecular weight excluding hydrogens is 236 g/mol. The van der Waals surface area contributed by atoms with Crippen LogP contribution in [0.15, 0.2) is 18.2 Å². The molecule has 0 aliphatic carbocycles. The van der Waals surface area contributed by atoms with Gasteiger partial charge < -0.3 is 16.2 Å². The average Bonchev–Trinajstić information content (AvgIpc) is 2.34. The molecule has 5 N–H and O–H groups in total. The summed E-state index contributed by atoms with van der Waals surface area (Å²) in [6.07, 6.45) is 0. The van der Waals surface area contributed by atoms with Crippen LogP contribution in [-0.2, 0) is 9.59 Å². The van der Waals surface area contributed by atoms with E-state index in [9.17, 15) is 9.59 Å². The second-order valence-electron chi connectivity index (χ2n) is 3.33. The fourth-order valence-electron chi connectivity index (χ4n) is 1.34. The third-order valence-corrected chi connectivity index (χ3v) is 2.12. The number of carboxylic acids is 1. The first kappa shape index (κ1) is 13.2. The van der Waals surface area contributed by atoms with Gasteiger partial charge in [0.25, 0.3) is 5.91 Å². The number of anilines is 1. The second-order valence-corrected chi connectivity index (χ2v) is 3.33. The molecule has 0 aromatic heterocycles. The SMILES string of the molecule is N#Cc1cccc(C(=N)C(N)=O)c1NCC(=O)O. The highest BCUT2D eigenvalue weighted by molar-refractivity contribution is 6.44. The highest BCUT2D eigenvalue weighted by atomic mass is 16.4. The van der Waals surface area contributed by atoms with E-state index in [4.69, 9.17) is 21.5 Å². The number of para-hydroxylation sites is 1. The first-order chi connectivity index (χ1) is 8.47. The molecule has 0 saturated heterocycles. The van der Waals surface area contributed by atoms with Crippen molar-refractivity contribution >= 4 is 23.3 Å². The number of nitrogens with zero attached hydrogens (tertiary/aromatic N) is 1. The van der Waals surface area contributed by atoms with Crippen molar-refractivity contribution in [3.8, 4) is 6.07 Å². The summed E-state index contributed by atoms with van der Waals surface area (Å²) in [5, 5.41) is 27.5. The first-order valence-corrected chi connectivity index (χ1v) is 4.85. The Morgan fingerprint density at radius 1 is 1.50 bits per heavy atom. The Hall–Kier alpha value is -2.88. The Bertz CT molecular complexity index is 560. The lowest BCUT2D eigenvalue weighted by atomic mass is 10.0. The van der Waals surface area contributed by atoms with Crippen LogP contribution in [0.1, 0.15) is 11.1 Å². The Labute approximate surface area is 102 Å². The smallest absolute Gasteiger partial charge is 0.322 e. The molecule has 0 fully saturated rings. The standard InChI is InChI=1S/C11H10N4O3/c12-4-6-2-1-3-7(9(13)11(14)18)10(6)15-5-8(16)17/h1-3,13,15H,5H2,(H2,14,18)(H,16,17). The third kappa shape index (κ3) is 2.82. The molecule has 0 unspecified atom stereocenters. The van der Waals surface area contributed by atoms with Crippen molar-refractivity contribution in [1.29, 1.82) is 10.7 Å². The van der Waals surface area contributed by atoms with E-state index < -0.39 is 24.1 Å². The van der Waals surface area contributed by atoms with E-state index in [0.29, 0.717) is 0 Å². The van der Waals surface area contributed by atoms with Crippen LogP contribution in [-0.4, -0.2) is 29.2 Å². The third-order valence-electron chi connectivity index (χ3n) is 2.12. The fourth-order valence-corrected chi connectivity index (χ4v) is 1.34. The van der Waals surface area contributed by atoms with E-state index >= 15 is 0 Å². The number of hydrogen-bond acceptors (Lipinski definition) is 5. The maximum atomic E-state index is 11.0. The highest BCUT2D eigenvalue weighted by Gasteiger charge is 2.16. The summed E-state index contributed by atoms with van der Waals surface area (Å²) in [5.74, 6) is -2.08. The van der Waals surface area contributed by atoms with Crippen molar-refractivity contribution < 1.29 is 14.7 Å². The van der Waals surface area contributed by atoms with E-state index in [0.717, 1.165) is 0 Å². The van der Waals surface area contributed by atoms with Gasteiger partial charge in [0.1, 0.15) is 18.3 Å². The van der Waals surface area contributed by atoms with Crippen molar-refractivity contribution in [3.63, 3.8) is 0 Å². The molecule has 92 valence electrons. The number of carbonyl (C=O) groups is 2. The summed E-state index contributed by atoms with van der Waals surface area (Å²) in [7, 11) is 0. The summed E-state index contributed by atoms with van der Waals surface area (Å²) < 4.78 is 0. The fraction of sp³-hybridized carbons (Fsp3) is 0.0909. The molecule has 1 rings (SSSR count). The van der Waals surface area contributed by atoms with Gasteiger partial charge in [-0.1, -0.05) is 12.1 Å². The molecule has 0 aliphatic rings. The predicted octanol–water partition coefficient (Wildman–Crippen LogP) is -0.0921. The van der Waals surface area contributed by atoms with Gasteiger partial charge in [-0.15, -0.1) is 0 Å². The van der Waals surface area contributed by atoms with Crippen LogP contribution in [0.4, 0.5) is 5.69 Å². The van der Waals surface area contributed by atoms with E-state index in [1.165, 1.54) is 18.2 Å². The minimum Gasteiger partial charge on any atom is -0.480 e. The summed E-state index contributed by atoms with van der Waals surface area (Å²) in [6.45, 7) is -0.433. The molecule has 0 bridgehead atoms. The molecule has 7 heteroatoms. The van der Waals surface area contributed by atoms with Crippen LogP contribution >= 0.6 is 0 Å². The van der Waals surface area contributed by atoms with Gasteiger partial charge in [-0.25, -0.2) is 0 Å². The molecule has 1 aromatic carbocycles. The van der Waals surface area contributed by atoms with Crippen LogP contribution in [0.5, 0.6) is 0 Å². The summed E-state index contributed by atoms with van der Waals surface area (Å²) >= 11 is 0. The van der Waals surface area contributed by atoms with Crippen LogP contribution in [0.25, 0.3) is 0 Å². The molecule has 18 heavy (non-hydrogen) atoms. The summed E-state index contributed by atoms with van der Waals surface area (Å²) in [5.41, 5.74) is 4.86. The topological polar surface area (TPSA) is 140 Å². The van der Waals surface area contributed by atoms with E-state index in [1.54, 1.807) is 0 Å². The Balaban J connectivity index is 3.25. The molecule has 0 atom stereocenters. The number of primary amides is 1. The Kier molecular flexibility index (Phi) is 3.99. The maximum Gasteiger partial charge on any atom is 0.322 e. The number of nitrogens with one attached hydrogen (secondary N) is 2. The molecule has 1 aromatic rings. The molecule has 0 heterocycles. The number of hydrogen-bond donors (Lipinski definition) is 4. The first-order valence-electron chi connectivity index (χ1n) is 4.85. The van der Waals surface area contributed by atoms with Crippen LogP contribution in [0.3, 0.4) is 0 Å². The zero-order valence-electron chi connectivity index (χ0n) is 9.23. The average molecular weight is 246 g/mol. The van der Waals surface area contributed by atoms with Crippen LogP contribution in [0.2, 0.25) is 0 Å². The molecule has 0 aliphatic heterocycles. The van der Waals surface area contributed by atoms with Crippen molar-refractivity contribution in [3.05, 3.63) is 29.3 Å². The molecule has 0 spiro atoms. The van der Waals surface area contributed by atoms with E-state index in [-0.39, 0.29) is 16.8 Å². The predicted molar refractivity (Wildman–Crippen MR) is 63.3 cm³/mol. The monoisotopic (exact) mass is 246 g/mol. The van der Waals surface area contributed by atoms with E-state index in [2.05, 4.69) is 5.32 Å². The van der Waals surface area contributed by atoms with Gasteiger partial charge in [0.2, 0.25) is 0 Å². The van der Waals surface area contributed by atoms with Gasteiger partial charge in [0.15, 0.2) is 0 Å². The Morgan fingerprint density at radius 2 is 2.17 bits per heavy atom. The quantitative estimate of drug-likeness (QED) is 0.537. The number of nitrogens with two attached hydrogens (primary N) is 1. The molecule has 0 saturated carbocycles. The lowest BCUT2D eigenvalue weighted by Crippen LogP contribution is -2.25. The molecular formula is C11H10N4O3. The number of benzene rings is 1. The highest BCUT2D eigenvalue weighted by Crippen LogP contribution is 2.21. The lowest BCUT2D eigenvalue weighted by molar-refractivity contribution is -0.134. The number of carbonyl (C=O) groups excluding carboxylic acids is 1. The minimum absolute atomic E-state index is 0.0998. The van der Waals surface area contributed by atoms with Gasteiger partial charge in [-0.3, -0.25) is 15.0 Å². The minimum atomic E-state index is -1.13. The van der Waals surface area contributed by atoms with Crippen molar-refractivity contribution in [2.45, 2.75) is 0 Å². The number of aliphatic carboxylic acids is 1. The molecule has 0 radical (unpaired) electrons. The normalized spacial score (nSPS) is 9.28. The van der Waals surface area contributed by atoms with Gasteiger partial charge in [0.05, 0.1) is 11.3 Å². The van der Waals surface area contributed by atoms with Gasteiger partial charge in [-0.2, -0.15) is 5.26 Å². The van der Waals surface area contributed by atoms with Crippen LogP contribution < -0.4 is 11.1 Å². The number of rotatable bonds is 5. The van der Waals surface area contributed by atoms with Gasteiger partial charge in [0, 0.05) is 5.56 Å². The van der Waals surface area contributed by atoms with Gasteiger partial charge >= 0.3 is 5.97 Å². The summed E-state index contributed by atoms with van der Waals surface area (Å²) in [6, 6.07) is 6.19. The number of carboxylic acid groups (broad SMARTS) is 1. The van der Waals surface area contributed by atoms with Crippen molar-refractivity contribution in [2.75, 3.05) is 11.9 Å². The van der Waals surface area contributed by atoms with Crippen molar-refractivity contribution in [1.82, 2.24) is 0 Å². The second kappa shape index (κ2) is 5.45. The Morgan fingerprint density at radius 3 is 2.67 bits per heavy atom. The van der Waals surface area contributed by atoms with Gasteiger partial charge in [-0.05, 0) is 6.07 Å². The zero-order chi connectivity index (χ0) is 13.7. The zero-order valence-corrected chi connectivity index (χ0v) is 9.23. The largest absolute Gasteiger partial charge is 0.480 e. The summed E-state index contributed by atoms with van der Waals surface area (Å²) in [4.78, 5) is 21.5. The maximum absolute atomic E-state index is 11.0. The van der Waals surface area contributed by atoms with E-state index in [1.807, 2.05) is 6.07 Å². The molecule has 1 amide bonds.